The van der Waals surface area contributed by atoms with Crippen LogP contribution in [0, 0.1) is 11.2 Å². The standard InChI is InChI=1S/C30H27F4N5O3S/c1-18(2)38-12-11-27(37-38)43(41,42)24-9-3-20-13-26-19(16-36-39(26)23-7-5-22(31)6-8-23)14-29(20,15-24)28(40)25-10-4-21(17-35-25)30(32,33)34/h4-8,10-13,16-18,24H,3,9,14-15H2,1-2H3/t24-,29-/m0/s1. The number of hydrogen-bond donors (Lipinski definition) is 0. The van der Waals surface area contributed by atoms with E-state index >= 15 is 0 Å². The Morgan fingerprint density at radius 3 is 2.44 bits per heavy atom. The number of allylic oxidation sites excluding steroid dienone is 1. The summed E-state index contributed by atoms with van der Waals surface area (Å²) >= 11 is 0. The molecule has 1 aromatic carbocycles. The van der Waals surface area contributed by atoms with Crippen LogP contribution in [0.1, 0.15) is 66.5 Å². The average Bonchev–Trinajstić information content (AvgIpc) is 3.64. The lowest BCUT2D eigenvalue weighted by atomic mass is 9.61. The van der Waals surface area contributed by atoms with Gasteiger partial charge in [0.1, 0.15) is 11.5 Å². The second-order valence-corrected chi connectivity index (χ2v) is 13.4. The van der Waals surface area contributed by atoms with Gasteiger partial charge in [-0.25, -0.2) is 17.5 Å². The number of aromatic nitrogens is 5. The van der Waals surface area contributed by atoms with Crippen LogP contribution in [0.25, 0.3) is 11.8 Å². The minimum atomic E-state index is -4.63. The molecule has 0 aliphatic heterocycles. The Morgan fingerprint density at radius 1 is 1.07 bits per heavy atom. The maximum absolute atomic E-state index is 14.3. The fraction of sp³-hybridized carbons (Fsp3) is 0.333. The van der Waals surface area contributed by atoms with E-state index in [0.29, 0.717) is 28.7 Å². The van der Waals surface area contributed by atoms with Crippen molar-refractivity contribution in [1.82, 2.24) is 24.5 Å². The van der Waals surface area contributed by atoms with Gasteiger partial charge in [-0.15, -0.1) is 0 Å². The topological polar surface area (TPSA) is 99.7 Å². The van der Waals surface area contributed by atoms with Crippen molar-refractivity contribution in [3.05, 3.63) is 95.0 Å². The van der Waals surface area contributed by atoms with Crippen molar-refractivity contribution in [1.29, 1.82) is 0 Å². The summed E-state index contributed by atoms with van der Waals surface area (Å²) in [6.07, 6.45) is 1.39. The highest BCUT2D eigenvalue weighted by Crippen LogP contribution is 2.52. The molecule has 4 aromatic rings. The van der Waals surface area contributed by atoms with Gasteiger partial charge in [0.2, 0.25) is 0 Å². The van der Waals surface area contributed by atoms with Crippen LogP contribution in [-0.4, -0.2) is 44.0 Å². The summed E-state index contributed by atoms with van der Waals surface area (Å²) < 4.78 is 84.1. The molecule has 0 saturated heterocycles. The molecule has 0 spiro atoms. The maximum atomic E-state index is 14.3. The van der Waals surface area contributed by atoms with Crippen LogP contribution in [0.15, 0.2) is 71.7 Å². The van der Waals surface area contributed by atoms with E-state index in [-0.39, 0.29) is 42.4 Å². The van der Waals surface area contributed by atoms with Crippen molar-refractivity contribution >= 4 is 21.7 Å². The van der Waals surface area contributed by atoms with Crippen LogP contribution in [0.4, 0.5) is 17.6 Å². The molecular weight excluding hydrogens is 586 g/mol. The van der Waals surface area contributed by atoms with Crippen LogP contribution >= 0.6 is 0 Å². The summed E-state index contributed by atoms with van der Waals surface area (Å²) in [4.78, 5) is 18.1. The van der Waals surface area contributed by atoms with E-state index in [1.165, 1.54) is 18.2 Å². The number of halogens is 4. The van der Waals surface area contributed by atoms with E-state index in [1.807, 2.05) is 13.8 Å². The Labute approximate surface area is 245 Å². The summed E-state index contributed by atoms with van der Waals surface area (Å²) in [5, 5.41) is 7.67. The van der Waals surface area contributed by atoms with Gasteiger partial charge in [0, 0.05) is 18.4 Å². The molecule has 0 N–H and O–H groups in total. The van der Waals surface area contributed by atoms with Crippen LogP contribution < -0.4 is 0 Å². The molecule has 8 nitrogen and oxygen atoms in total. The van der Waals surface area contributed by atoms with E-state index in [2.05, 4.69) is 15.2 Å². The Morgan fingerprint density at radius 2 is 1.81 bits per heavy atom. The fourth-order valence-corrected chi connectivity index (χ4v) is 7.72. The number of ketones is 1. The number of carbonyl (C=O) groups excluding carboxylic acids is 1. The zero-order valence-electron chi connectivity index (χ0n) is 23.2. The number of alkyl halides is 3. The second kappa shape index (κ2) is 10.2. The second-order valence-electron chi connectivity index (χ2n) is 11.3. The van der Waals surface area contributed by atoms with E-state index in [9.17, 15) is 30.8 Å². The van der Waals surface area contributed by atoms with Crippen LogP contribution in [0.2, 0.25) is 0 Å². The van der Waals surface area contributed by atoms with Gasteiger partial charge < -0.3 is 0 Å². The smallest absolute Gasteiger partial charge is 0.291 e. The third kappa shape index (κ3) is 4.98. The third-order valence-corrected chi connectivity index (χ3v) is 10.4. The van der Waals surface area contributed by atoms with Crippen LogP contribution in [-0.2, 0) is 22.4 Å². The highest BCUT2D eigenvalue weighted by molar-refractivity contribution is 7.92. The third-order valence-electron chi connectivity index (χ3n) is 8.29. The van der Waals surface area contributed by atoms with Gasteiger partial charge in [0.15, 0.2) is 20.6 Å². The number of benzene rings is 1. The highest BCUT2D eigenvalue weighted by atomic mass is 32.2. The van der Waals surface area contributed by atoms with Gasteiger partial charge in [-0.05, 0) is 93.6 Å². The summed E-state index contributed by atoms with van der Waals surface area (Å²) in [5.41, 5.74) is 0.00361. The number of hydrogen-bond acceptors (Lipinski definition) is 6. The lowest BCUT2D eigenvalue weighted by Gasteiger charge is -2.43. The number of carbonyl (C=O) groups is 1. The molecule has 3 aromatic heterocycles. The molecule has 3 heterocycles. The van der Waals surface area contributed by atoms with E-state index < -0.39 is 43.8 Å². The number of nitrogens with zero attached hydrogens (tertiary/aromatic N) is 5. The first-order chi connectivity index (χ1) is 20.3. The van der Waals surface area contributed by atoms with E-state index in [4.69, 9.17) is 0 Å². The molecule has 2 atom stereocenters. The Kier molecular flexibility index (Phi) is 6.90. The molecule has 43 heavy (non-hydrogen) atoms. The van der Waals surface area contributed by atoms with Crippen molar-refractivity contribution in [2.75, 3.05) is 0 Å². The number of sulfone groups is 1. The highest BCUT2D eigenvalue weighted by Gasteiger charge is 2.52. The normalized spacial score (nSPS) is 20.4. The first kappa shape index (κ1) is 29.0. The molecule has 0 amide bonds. The quantitative estimate of drug-likeness (QED) is 0.194. The molecule has 0 radical (unpaired) electrons. The molecule has 1 fully saturated rings. The average molecular weight is 614 g/mol. The molecule has 2 aliphatic carbocycles. The molecule has 0 unspecified atom stereocenters. The zero-order chi connectivity index (χ0) is 30.7. The molecule has 0 bridgehead atoms. The predicted octanol–water partition coefficient (Wildman–Crippen LogP) is 6.04. The minimum Gasteiger partial charge on any atom is -0.291 e. The fourth-order valence-electron chi connectivity index (χ4n) is 5.99. The van der Waals surface area contributed by atoms with Gasteiger partial charge >= 0.3 is 6.18 Å². The van der Waals surface area contributed by atoms with Crippen molar-refractivity contribution in [3.63, 3.8) is 0 Å². The number of rotatable bonds is 6. The SMILES string of the molecule is CC(C)n1ccc(S(=O)(=O)[C@H]2CCC3=Cc4c(cnn4-c4ccc(F)cc4)C[C@]3(C(=O)c3ccc(C(F)(F)F)cn3)C2)n1. The van der Waals surface area contributed by atoms with Gasteiger partial charge in [-0.3, -0.25) is 14.5 Å². The molecule has 1 saturated carbocycles. The minimum absolute atomic E-state index is 0.0575. The van der Waals surface area contributed by atoms with Gasteiger partial charge in [0.25, 0.3) is 0 Å². The van der Waals surface area contributed by atoms with Gasteiger partial charge in [-0.2, -0.15) is 23.4 Å². The van der Waals surface area contributed by atoms with Gasteiger partial charge in [-0.1, -0.05) is 5.57 Å². The van der Waals surface area contributed by atoms with Crippen molar-refractivity contribution in [2.45, 2.75) is 62.0 Å². The van der Waals surface area contributed by atoms with Crippen LogP contribution in [0.3, 0.4) is 0 Å². The predicted molar refractivity (Wildman–Crippen MR) is 149 cm³/mol. The Balaban J connectivity index is 1.43. The largest absolute Gasteiger partial charge is 0.417 e. The Hall–Kier alpha value is -4.13. The number of fused-ring (bicyclic) bond motifs is 2. The lowest BCUT2D eigenvalue weighted by molar-refractivity contribution is -0.137. The van der Waals surface area contributed by atoms with Crippen molar-refractivity contribution in [3.8, 4) is 5.69 Å². The number of pyridine rings is 1. The zero-order valence-corrected chi connectivity index (χ0v) is 24.0. The molecular formula is C30H27F4N5O3S. The summed E-state index contributed by atoms with van der Waals surface area (Å²) in [6.45, 7) is 3.75. The van der Waals surface area contributed by atoms with Gasteiger partial charge in [0.05, 0.1) is 33.8 Å². The molecule has 6 rings (SSSR count). The number of Topliss-reactive ketones (excluding diaryl/α,β-unsaturated/α-hetero) is 1. The summed E-state index contributed by atoms with van der Waals surface area (Å²) in [7, 11) is -3.96. The van der Waals surface area contributed by atoms with E-state index in [0.717, 1.165) is 12.1 Å². The maximum Gasteiger partial charge on any atom is 0.417 e. The van der Waals surface area contributed by atoms with E-state index in [1.54, 1.807) is 40.0 Å². The first-order valence-corrected chi connectivity index (χ1v) is 15.3. The lowest BCUT2D eigenvalue weighted by Crippen LogP contribution is -2.46. The summed E-state index contributed by atoms with van der Waals surface area (Å²) in [5.74, 6) is -0.963. The van der Waals surface area contributed by atoms with Crippen molar-refractivity contribution in [2.24, 2.45) is 5.41 Å². The first-order valence-electron chi connectivity index (χ1n) is 13.7. The molecule has 13 heteroatoms. The monoisotopic (exact) mass is 613 g/mol. The summed E-state index contributed by atoms with van der Waals surface area (Å²) in [6, 6.07) is 8.98. The Bertz CT molecular complexity index is 1840. The molecule has 224 valence electrons. The van der Waals surface area contributed by atoms with Crippen LogP contribution in [0.5, 0.6) is 0 Å². The van der Waals surface area contributed by atoms with Crippen molar-refractivity contribution < 1.29 is 30.8 Å². The molecule has 2 aliphatic rings.